The lowest BCUT2D eigenvalue weighted by Gasteiger charge is -2.37. The summed E-state index contributed by atoms with van der Waals surface area (Å²) >= 11 is 0. The number of carbonyl (C=O) groups excluding carboxylic acids is 2. The Kier molecular flexibility index (Phi) is 6.21. The van der Waals surface area contributed by atoms with E-state index in [1.165, 1.54) is 0 Å². The molecule has 0 spiro atoms. The number of hydrogen-bond acceptors (Lipinski definition) is 5. The molecule has 0 unspecified atom stereocenters. The van der Waals surface area contributed by atoms with Gasteiger partial charge in [-0.15, -0.1) is 0 Å². The van der Waals surface area contributed by atoms with E-state index < -0.39 is 0 Å². The van der Waals surface area contributed by atoms with Crippen LogP contribution < -0.4 is 16.0 Å². The molecule has 2 aliphatic heterocycles. The third-order valence-corrected chi connectivity index (χ3v) is 5.08. The number of fused-ring (bicyclic) bond motifs is 1. The monoisotopic (exact) mass is 359 g/mol. The highest BCUT2D eigenvalue weighted by atomic mass is 16.2. The van der Waals surface area contributed by atoms with Crippen molar-refractivity contribution in [3.05, 3.63) is 30.1 Å². The summed E-state index contributed by atoms with van der Waals surface area (Å²) in [5.41, 5.74) is 1.00. The van der Waals surface area contributed by atoms with Crippen LogP contribution in [-0.4, -0.2) is 59.0 Å². The van der Waals surface area contributed by atoms with Crippen LogP contribution in [0.2, 0.25) is 0 Å². The molecular formula is C19H29N5O2. The molecule has 0 bridgehead atoms. The van der Waals surface area contributed by atoms with Gasteiger partial charge in [-0.2, -0.15) is 0 Å². The highest BCUT2D eigenvalue weighted by Gasteiger charge is 2.43. The largest absolute Gasteiger partial charge is 0.354 e. The Labute approximate surface area is 154 Å². The summed E-state index contributed by atoms with van der Waals surface area (Å²) in [6.45, 7) is 6.09. The Morgan fingerprint density at radius 1 is 1.42 bits per heavy atom. The minimum atomic E-state index is -0.0943. The van der Waals surface area contributed by atoms with Gasteiger partial charge in [0.05, 0.1) is 11.7 Å². The van der Waals surface area contributed by atoms with E-state index >= 15 is 0 Å². The molecule has 7 heteroatoms. The predicted octanol–water partition coefficient (Wildman–Crippen LogP) is 0.417. The fourth-order valence-electron chi connectivity index (χ4n) is 3.84. The minimum absolute atomic E-state index is 0.0810. The van der Waals surface area contributed by atoms with Crippen LogP contribution in [0.4, 0.5) is 0 Å². The van der Waals surface area contributed by atoms with Crippen molar-refractivity contribution in [2.75, 3.05) is 13.1 Å². The number of pyridine rings is 1. The summed E-state index contributed by atoms with van der Waals surface area (Å²) < 4.78 is 0. The van der Waals surface area contributed by atoms with E-state index in [1.54, 1.807) is 6.20 Å². The van der Waals surface area contributed by atoms with Crippen LogP contribution in [0, 0.1) is 0 Å². The van der Waals surface area contributed by atoms with Gasteiger partial charge in [0.15, 0.2) is 0 Å². The van der Waals surface area contributed by atoms with Gasteiger partial charge in [0, 0.05) is 50.4 Å². The zero-order valence-electron chi connectivity index (χ0n) is 15.6. The number of nitrogens with one attached hydrogen (secondary N) is 3. The molecule has 0 radical (unpaired) electrons. The molecule has 2 fully saturated rings. The summed E-state index contributed by atoms with van der Waals surface area (Å²) in [6, 6.07) is 6.43. The second kappa shape index (κ2) is 8.60. The Morgan fingerprint density at radius 2 is 2.27 bits per heavy atom. The van der Waals surface area contributed by atoms with Gasteiger partial charge in [0.2, 0.25) is 11.8 Å². The van der Waals surface area contributed by atoms with Crippen molar-refractivity contribution in [1.29, 1.82) is 0 Å². The van der Waals surface area contributed by atoms with Crippen LogP contribution in [-0.2, 0) is 16.1 Å². The zero-order chi connectivity index (χ0) is 18.5. The number of amides is 2. The molecule has 7 nitrogen and oxygen atoms in total. The number of carbonyl (C=O) groups is 2. The van der Waals surface area contributed by atoms with E-state index in [0.29, 0.717) is 19.5 Å². The molecule has 0 aromatic carbocycles. The van der Waals surface area contributed by atoms with Crippen LogP contribution in [0.1, 0.15) is 38.8 Å². The molecule has 3 heterocycles. The maximum absolute atomic E-state index is 12.3. The first-order valence-electron chi connectivity index (χ1n) is 9.49. The molecule has 26 heavy (non-hydrogen) atoms. The number of piperazine rings is 1. The van der Waals surface area contributed by atoms with Gasteiger partial charge in [-0.05, 0) is 38.8 Å². The fraction of sp³-hybridized carbons (Fsp3) is 0.632. The van der Waals surface area contributed by atoms with Crippen LogP contribution in [0.5, 0.6) is 0 Å². The van der Waals surface area contributed by atoms with E-state index in [9.17, 15) is 9.59 Å². The molecule has 2 amide bonds. The third kappa shape index (κ3) is 4.80. The summed E-state index contributed by atoms with van der Waals surface area (Å²) in [5.74, 6) is 0.187. The lowest BCUT2D eigenvalue weighted by molar-refractivity contribution is -0.129. The maximum Gasteiger partial charge on any atom is 0.237 e. The highest BCUT2D eigenvalue weighted by molar-refractivity contribution is 5.83. The van der Waals surface area contributed by atoms with E-state index in [0.717, 1.165) is 25.1 Å². The molecule has 3 atom stereocenters. The summed E-state index contributed by atoms with van der Waals surface area (Å²) in [4.78, 5) is 30.8. The molecular weight excluding hydrogens is 330 g/mol. The first-order chi connectivity index (χ1) is 12.5. The lowest BCUT2D eigenvalue weighted by Crippen LogP contribution is -2.58. The quantitative estimate of drug-likeness (QED) is 0.657. The van der Waals surface area contributed by atoms with Crippen molar-refractivity contribution in [2.24, 2.45) is 0 Å². The van der Waals surface area contributed by atoms with Crippen LogP contribution >= 0.6 is 0 Å². The smallest absolute Gasteiger partial charge is 0.237 e. The van der Waals surface area contributed by atoms with Crippen LogP contribution in [0.15, 0.2) is 24.4 Å². The van der Waals surface area contributed by atoms with Gasteiger partial charge in [-0.3, -0.25) is 19.5 Å². The summed E-state index contributed by atoms with van der Waals surface area (Å²) in [6.07, 6.45) is 3.85. The molecule has 2 saturated heterocycles. The number of hydrogen-bond donors (Lipinski definition) is 3. The molecule has 1 aromatic heterocycles. The van der Waals surface area contributed by atoms with Gasteiger partial charge >= 0.3 is 0 Å². The Balaban J connectivity index is 1.53. The SMILES string of the molecule is CC(C)NC(=O)CC[C@H]1CNC(=O)[C@H]2C[C@H](NCc3ccccn3)CN12. The first-order valence-corrected chi connectivity index (χ1v) is 9.49. The minimum Gasteiger partial charge on any atom is -0.354 e. The molecule has 3 N–H and O–H groups in total. The Morgan fingerprint density at radius 3 is 3.00 bits per heavy atom. The van der Waals surface area contributed by atoms with Crippen LogP contribution in [0.25, 0.3) is 0 Å². The van der Waals surface area contributed by atoms with E-state index in [4.69, 9.17) is 0 Å². The maximum atomic E-state index is 12.3. The molecule has 142 valence electrons. The van der Waals surface area contributed by atoms with Crippen molar-refractivity contribution in [3.8, 4) is 0 Å². The van der Waals surface area contributed by atoms with E-state index in [2.05, 4.69) is 25.8 Å². The van der Waals surface area contributed by atoms with Crippen molar-refractivity contribution < 1.29 is 9.59 Å². The number of nitrogens with zero attached hydrogens (tertiary/aromatic N) is 2. The topological polar surface area (TPSA) is 86.4 Å². The van der Waals surface area contributed by atoms with Gasteiger partial charge in [-0.1, -0.05) is 6.07 Å². The third-order valence-electron chi connectivity index (χ3n) is 5.08. The average molecular weight is 359 g/mol. The second-order valence-electron chi connectivity index (χ2n) is 7.51. The van der Waals surface area contributed by atoms with E-state index in [1.807, 2.05) is 32.0 Å². The number of rotatable bonds is 7. The highest BCUT2D eigenvalue weighted by Crippen LogP contribution is 2.26. The molecule has 1 aromatic rings. The van der Waals surface area contributed by atoms with Crippen molar-refractivity contribution in [3.63, 3.8) is 0 Å². The predicted molar refractivity (Wildman–Crippen MR) is 99.3 cm³/mol. The zero-order valence-corrected chi connectivity index (χ0v) is 15.6. The molecule has 0 saturated carbocycles. The molecule has 2 aliphatic rings. The normalized spacial score (nSPS) is 25.8. The standard InChI is InChI=1S/C19H29N5O2/c1-13(2)23-18(25)7-6-16-11-22-19(26)17-9-15(12-24(16)17)21-10-14-5-3-4-8-20-14/h3-5,8,13,15-17,21H,6-7,9-12H2,1-2H3,(H,22,26)(H,23,25)/t15-,16-,17+/m0/s1. The summed E-state index contributed by atoms with van der Waals surface area (Å²) in [7, 11) is 0. The molecule has 3 rings (SSSR count). The number of aromatic nitrogens is 1. The Bertz CT molecular complexity index is 622. The van der Waals surface area contributed by atoms with E-state index in [-0.39, 0.29) is 36.0 Å². The van der Waals surface area contributed by atoms with Crippen molar-refractivity contribution >= 4 is 11.8 Å². The fourth-order valence-corrected chi connectivity index (χ4v) is 3.84. The van der Waals surface area contributed by atoms with Gasteiger partial charge < -0.3 is 16.0 Å². The molecule has 0 aliphatic carbocycles. The van der Waals surface area contributed by atoms with Crippen LogP contribution in [0.3, 0.4) is 0 Å². The van der Waals surface area contributed by atoms with Crippen molar-refractivity contribution in [1.82, 2.24) is 25.8 Å². The summed E-state index contributed by atoms with van der Waals surface area (Å²) in [5, 5.41) is 9.47. The Hall–Kier alpha value is -1.99. The van der Waals surface area contributed by atoms with Gasteiger partial charge in [0.25, 0.3) is 0 Å². The first kappa shape index (κ1) is 18.8. The van der Waals surface area contributed by atoms with Gasteiger partial charge in [-0.25, -0.2) is 0 Å². The van der Waals surface area contributed by atoms with Crippen molar-refractivity contribution in [2.45, 2.75) is 63.8 Å². The lowest BCUT2D eigenvalue weighted by atomic mass is 10.0. The second-order valence-corrected chi connectivity index (χ2v) is 7.51. The van der Waals surface area contributed by atoms with Gasteiger partial charge in [0.1, 0.15) is 0 Å². The average Bonchev–Trinajstić information content (AvgIpc) is 3.05.